The number of rotatable bonds is 5. The largest absolute Gasteiger partial charge is 0.481 e. The van der Waals surface area contributed by atoms with E-state index in [9.17, 15) is 14.4 Å². The van der Waals surface area contributed by atoms with E-state index in [0.717, 1.165) is 5.69 Å². The molecule has 2 atom stereocenters. The molecule has 118 valence electrons. The molecule has 6 nitrogen and oxygen atoms in total. The second kappa shape index (κ2) is 6.60. The third-order valence-corrected chi connectivity index (χ3v) is 3.89. The quantitative estimate of drug-likeness (QED) is 0.887. The number of para-hydroxylation sites is 1. The van der Waals surface area contributed by atoms with Crippen molar-refractivity contribution in [2.45, 2.75) is 13.3 Å². The smallest absolute Gasteiger partial charge is 0.308 e. The lowest BCUT2D eigenvalue weighted by Crippen LogP contribution is -2.38. The summed E-state index contributed by atoms with van der Waals surface area (Å²) in [6.07, 6.45) is 0.166. The van der Waals surface area contributed by atoms with E-state index in [1.54, 1.807) is 18.9 Å². The fourth-order valence-corrected chi connectivity index (χ4v) is 2.62. The zero-order valence-corrected chi connectivity index (χ0v) is 12.7. The predicted octanol–water partition coefficient (Wildman–Crippen LogP) is 1.22. The number of carboxylic acid groups (broad SMARTS) is 1. The molecule has 0 bridgehead atoms. The Morgan fingerprint density at radius 3 is 2.59 bits per heavy atom. The highest BCUT2D eigenvalue weighted by Crippen LogP contribution is 2.26. The molecular weight excluding hydrogens is 284 g/mol. The Morgan fingerprint density at radius 1 is 1.36 bits per heavy atom. The monoisotopic (exact) mass is 304 g/mol. The molecule has 1 aliphatic rings. The number of aliphatic carboxylic acids is 1. The van der Waals surface area contributed by atoms with Gasteiger partial charge in [0.2, 0.25) is 11.8 Å². The maximum atomic E-state index is 12.4. The van der Waals surface area contributed by atoms with Crippen molar-refractivity contribution in [2.75, 3.05) is 25.0 Å². The average Bonchev–Trinajstić information content (AvgIpc) is 2.89. The summed E-state index contributed by atoms with van der Waals surface area (Å²) < 4.78 is 0. The molecule has 0 radical (unpaired) electrons. The third-order valence-electron chi connectivity index (χ3n) is 3.89. The summed E-state index contributed by atoms with van der Waals surface area (Å²) in [7, 11) is 1.58. The number of anilines is 1. The molecule has 0 spiro atoms. The lowest BCUT2D eigenvalue weighted by atomic mass is 10.1. The van der Waals surface area contributed by atoms with Gasteiger partial charge in [0.1, 0.15) is 0 Å². The first-order valence-corrected chi connectivity index (χ1v) is 7.23. The lowest BCUT2D eigenvalue weighted by molar-refractivity contribution is -0.143. The van der Waals surface area contributed by atoms with Gasteiger partial charge < -0.3 is 14.9 Å². The number of hydrogen-bond donors (Lipinski definition) is 1. The van der Waals surface area contributed by atoms with Crippen LogP contribution in [-0.4, -0.2) is 47.9 Å². The lowest BCUT2D eigenvalue weighted by Gasteiger charge is -2.23. The Kier molecular flexibility index (Phi) is 4.80. The number of carboxylic acids is 1. The van der Waals surface area contributed by atoms with Crippen molar-refractivity contribution >= 4 is 23.5 Å². The van der Waals surface area contributed by atoms with Gasteiger partial charge in [0, 0.05) is 32.2 Å². The summed E-state index contributed by atoms with van der Waals surface area (Å²) in [5.74, 6) is -2.24. The maximum absolute atomic E-state index is 12.4. The fourth-order valence-electron chi connectivity index (χ4n) is 2.62. The molecule has 2 amide bonds. The van der Waals surface area contributed by atoms with Crippen LogP contribution in [0.15, 0.2) is 30.3 Å². The van der Waals surface area contributed by atoms with Gasteiger partial charge in [0.15, 0.2) is 0 Å². The molecule has 6 heteroatoms. The average molecular weight is 304 g/mol. The normalized spacial score (nSPS) is 19.1. The SMILES string of the molecule is C[C@H](CN(C)C(=O)[C@@H]1CC(=O)N(c2ccccc2)C1)C(=O)O. The van der Waals surface area contributed by atoms with E-state index in [2.05, 4.69) is 0 Å². The van der Waals surface area contributed by atoms with Crippen LogP contribution in [0.5, 0.6) is 0 Å². The summed E-state index contributed by atoms with van der Waals surface area (Å²) in [4.78, 5) is 38.4. The van der Waals surface area contributed by atoms with Gasteiger partial charge in [-0.15, -0.1) is 0 Å². The van der Waals surface area contributed by atoms with Crippen molar-refractivity contribution in [3.05, 3.63) is 30.3 Å². The summed E-state index contributed by atoms with van der Waals surface area (Å²) in [5.41, 5.74) is 0.782. The number of benzene rings is 1. The molecule has 1 fully saturated rings. The molecule has 22 heavy (non-hydrogen) atoms. The van der Waals surface area contributed by atoms with Gasteiger partial charge in [-0.05, 0) is 12.1 Å². The molecule has 0 aliphatic carbocycles. The Balaban J connectivity index is 2.01. The summed E-state index contributed by atoms with van der Waals surface area (Å²) in [6, 6.07) is 9.23. The summed E-state index contributed by atoms with van der Waals surface area (Å²) in [6.45, 7) is 2.04. The molecular formula is C16H20N2O4. The van der Waals surface area contributed by atoms with Crippen molar-refractivity contribution in [3.8, 4) is 0 Å². The van der Waals surface area contributed by atoms with Gasteiger partial charge in [-0.1, -0.05) is 25.1 Å². The van der Waals surface area contributed by atoms with E-state index in [1.165, 1.54) is 4.90 Å². The van der Waals surface area contributed by atoms with Crippen LogP contribution in [0.3, 0.4) is 0 Å². The van der Waals surface area contributed by atoms with E-state index >= 15 is 0 Å². The Morgan fingerprint density at radius 2 is 2.00 bits per heavy atom. The Bertz CT molecular complexity index is 573. The maximum Gasteiger partial charge on any atom is 0.308 e. The fraction of sp³-hybridized carbons (Fsp3) is 0.438. The molecule has 0 unspecified atom stereocenters. The first kappa shape index (κ1) is 16.0. The summed E-state index contributed by atoms with van der Waals surface area (Å²) in [5, 5.41) is 8.91. The first-order chi connectivity index (χ1) is 10.4. The van der Waals surface area contributed by atoms with Crippen LogP contribution in [0.4, 0.5) is 5.69 Å². The zero-order chi connectivity index (χ0) is 16.3. The second-order valence-electron chi connectivity index (χ2n) is 5.70. The molecule has 1 N–H and O–H groups in total. The molecule has 1 aromatic rings. The number of carbonyl (C=O) groups is 3. The molecule has 0 saturated carbocycles. The number of hydrogen-bond acceptors (Lipinski definition) is 3. The highest BCUT2D eigenvalue weighted by molar-refractivity contribution is 6.00. The van der Waals surface area contributed by atoms with E-state index < -0.39 is 17.8 Å². The van der Waals surface area contributed by atoms with Crippen molar-refractivity contribution in [1.29, 1.82) is 0 Å². The number of nitrogens with zero attached hydrogens (tertiary/aromatic N) is 2. The first-order valence-electron chi connectivity index (χ1n) is 7.23. The third kappa shape index (κ3) is 3.44. The Labute approximate surface area is 129 Å². The van der Waals surface area contributed by atoms with Crippen molar-refractivity contribution in [2.24, 2.45) is 11.8 Å². The molecule has 2 rings (SSSR count). The predicted molar refractivity (Wildman–Crippen MR) is 81.3 cm³/mol. The molecule has 1 heterocycles. The van der Waals surface area contributed by atoms with Crippen molar-refractivity contribution in [1.82, 2.24) is 4.90 Å². The molecule has 1 saturated heterocycles. The van der Waals surface area contributed by atoms with Crippen molar-refractivity contribution in [3.63, 3.8) is 0 Å². The van der Waals surface area contributed by atoms with Crippen LogP contribution < -0.4 is 4.90 Å². The van der Waals surface area contributed by atoms with Crippen LogP contribution in [-0.2, 0) is 14.4 Å². The van der Waals surface area contributed by atoms with E-state index in [-0.39, 0.29) is 24.8 Å². The second-order valence-corrected chi connectivity index (χ2v) is 5.70. The highest BCUT2D eigenvalue weighted by Gasteiger charge is 2.36. The zero-order valence-electron chi connectivity index (χ0n) is 12.7. The van der Waals surface area contributed by atoms with Gasteiger partial charge >= 0.3 is 5.97 Å². The minimum absolute atomic E-state index is 0.0794. The Hall–Kier alpha value is -2.37. The molecule has 1 aromatic carbocycles. The standard InChI is InChI=1S/C16H20N2O4/c1-11(16(21)22)9-17(2)15(20)12-8-14(19)18(10-12)13-6-4-3-5-7-13/h3-7,11-12H,8-10H2,1-2H3,(H,21,22)/t11-,12-/m1/s1. The minimum atomic E-state index is -0.937. The van der Waals surface area contributed by atoms with Gasteiger partial charge in [0.25, 0.3) is 0 Å². The van der Waals surface area contributed by atoms with E-state index in [0.29, 0.717) is 6.54 Å². The van der Waals surface area contributed by atoms with Crippen LogP contribution in [0.25, 0.3) is 0 Å². The minimum Gasteiger partial charge on any atom is -0.481 e. The van der Waals surface area contributed by atoms with Gasteiger partial charge in [-0.3, -0.25) is 14.4 Å². The van der Waals surface area contributed by atoms with Crippen LogP contribution in [0, 0.1) is 11.8 Å². The highest BCUT2D eigenvalue weighted by atomic mass is 16.4. The van der Waals surface area contributed by atoms with Crippen molar-refractivity contribution < 1.29 is 19.5 Å². The van der Waals surface area contributed by atoms with Gasteiger partial charge in [-0.2, -0.15) is 0 Å². The van der Waals surface area contributed by atoms with E-state index in [4.69, 9.17) is 5.11 Å². The number of amides is 2. The van der Waals surface area contributed by atoms with Crippen LogP contribution in [0.2, 0.25) is 0 Å². The molecule has 0 aromatic heterocycles. The molecule has 1 aliphatic heterocycles. The topological polar surface area (TPSA) is 77.9 Å². The van der Waals surface area contributed by atoms with Crippen LogP contribution in [0.1, 0.15) is 13.3 Å². The summed E-state index contributed by atoms with van der Waals surface area (Å²) >= 11 is 0. The van der Waals surface area contributed by atoms with E-state index in [1.807, 2.05) is 30.3 Å². The van der Waals surface area contributed by atoms with Crippen LogP contribution >= 0.6 is 0 Å². The van der Waals surface area contributed by atoms with Gasteiger partial charge in [0.05, 0.1) is 11.8 Å². The van der Waals surface area contributed by atoms with Gasteiger partial charge in [-0.25, -0.2) is 0 Å². The number of carbonyl (C=O) groups excluding carboxylic acids is 2.